The molecule has 1 amide bonds. The summed E-state index contributed by atoms with van der Waals surface area (Å²) in [5.74, 6) is 0.0961. The number of ether oxygens (including phenoxy) is 1. The Morgan fingerprint density at radius 2 is 1.92 bits per heavy atom. The van der Waals surface area contributed by atoms with Crippen molar-refractivity contribution >= 4 is 21.7 Å². The monoisotopic (exact) mass is 364 g/mol. The van der Waals surface area contributed by atoms with Gasteiger partial charge in [-0.3, -0.25) is 4.79 Å². The number of hydrogen-bond donors (Lipinski definition) is 1. The average molecular weight is 364 g/mol. The first-order valence-corrected chi connectivity index (χ1v) is 9.32. The van der Waals surface area contributed by atoms with Crippen LogP contribution in [0.5, 0.6) is 5.75 Å². The largest absolute Gasteiger partial charge is 0.748 e. The summed E-state index contributed by atoms with van der Waals surface area (Å²) in [6, 6.07) is 12.4. The van der Waals surface area contributed by atoms with Gasteiger partial charge in [0.15, 0.2) is 18.4 Å². The molecule has 1 heterocycles. The quantitative estimate of drug-likeness (QED) is 0.558. The van der Waals surface area contributed by atoms with Crippen LogP contribution in [-0.4, -0.2) is 31.2 Å². The number of aryl methyl sites for hydroxylation is 1. The van der Waals surface area contributed by atoms with Crippen molar-refractivity contribution < 1.29 is 27.1 Å². The van der Waals surface area contributed by atoms with E-state index in [9.17, 15) is 17.8 Å². The summed E-state index contributed by atoms with van der Waals surface area (Å²) < 4.78 is 39.9. The number of nitrogens with zero attached hydrogens (tertiary/aromatic N) is 1. The zero-order valence-corrected chi connectivity index (χ0v) is 14.7. The van der Waals surface area contributed by atoms with Crippen LogP contribution >= 0.6 is 0 Å². The van der Waals surface area contributed by atoms with Gasteiger partial charge in [-0.25, -0.2) is 8.42 Å². The van der Waals surface area contributed by atoms with E-state index >= 15 is 0 Å². The summed E-state index contributed by atoms with van der Waals surface area (Å²) >= 11 is 0. The molecular weight excluding hydrogens is 344 g/mol. The van der Waals surface area contributed by atoms with E-state index in [1.807, 2.05) is 16.8 Å². The molecule has 0 aliphatic heterocycles. The van der Waals surface area contributed by atoms with Crippen molar-refractivity contribution in [2.24, 2.45) is 0 Å². The standard InChI is InChI=1S/C17H20N2O5S/c1-14(20)18-15-5-7-17(8-6-15)24-12-11-19-10-3-2-4-16(19)9-13-25(21,22)23/h2-8,10H,9,11-13H2,1H3,(H-,18,20,21,22,23). The molecule has 134 valence electrons. The maximum absolute atomic E-state index is 11.0. The van der Waals surface area contributed by atoms with Gasteiger partial charge in [-0.05, 0) is 24.3 Å². The molecule has 0 aliphatic carbocycles. The fourth-order valence-corrected chi connectivity index (χ4v) is 2.75. The Kier molecular flexibility index (Phi) is 6.49. The van der Waals surface area contributed by atoms with Crippen LogP contribution < -0.4 is 14.6 Å². The topological polar surface area (TPSA) is 99.4 Å². The molecule has 25 heavy (non-hydrogen) atoms. The van der Waals surface area contributed by atoms with Crippen LogP contribution in [0.25, 0.3) is 0 Å². The second-order valence-corrected chi connectivity index (χ2v) is 6.97. The molecule has 7 nitrogen and oxygen atoms in total. The molecule has 8 heteroatoms. The molecule has 0 fully saturated rings. The van der Waals surface area contributed by atoms with Gasteiger partial charge in [-0.1, -0.05) is 6.07 Å². The van der Waals surface area contributed by atoms with Gasteiger partial charge in [0.25, 0.3) is 0 Å². The van der Waals surface area contributed by atoms with Crippen LogP contribution in [0, 0.1) is 0 Å². The number of carbonyl (C=O) groups excluding carboxylic acids is 1. The molecule has 2 aromatic rings. The van der Waals surface area contributed by atoms with Crippen molar-refractivity contribution in [3.8, 4) is 5.75 Å². The number of hydrogen-bond acceptors (Lipinski definition) is 5. The summed E-state index contributed by atoms with van der Waals surface area (Å²) in [5, 5.41) is 2.67. The number of pyridine rings is 1. The Hall–Kier alpha value is -2.45. The molecule has 0 saturated carbocycles. The molecule has 0 aliphatic rings. The Morgan fingerprint density at radius 3 is 2.56 bits per heavy atom. The lowest BCUT2D eigenvalue weighted by molar-refractivity contribution is -0.704. The van der Waals surface area contributed by atoms with Crippen LogP contribution in [0.2, 0.25) is 0 Å². The van der Waals surface area contributed by atoms with Crippen LogP contribution in [0.3, 0.4) is 0 Å². The normalized spacial score (nSPS) is 11.1. The summed E-state index contributed by atoms with van der Waals surface area (Å²) in [4.78, 5) is 11.0. The Balaban J connectivity index is 1.90. The average Bonchev–Trinajstić information content (AvgIpc) is 2.54. The van der Waals surface area contributed by atoms with Gasteiger partial charge in [0.2, 0.25) is 5.91 Å². The molecule has 0 atom stereocenters. The Labute approximate surface area is 147 Å². The maximum atomic E-state index is 11.0. The first-order valence-electron chi connectivity index (χ1n) is 7.75. The SMILES string of the molecule is CC(=O)Nc1ccc(OCC[n+]2ccccc2CCS(=O)(=O)[O-])cc1. The van der Waals surface area contributed by atoms with Gasteiger partial charge in [-0.2, -0.15) is 4.57 Å². The molecule has 0 spiro atoms. The second-order valence-electron chi connectivity index (χ2n) is 5.45. The summed E-state index contributed by atoms with van der Waals surface area (Å²) in [6.07, 6.45) is 1.98. The summed E-state index contributed by atoms with van der Waals surface area (Å²) in [5.41, 5.74) is 1.45. The molecule has 0 saturated heterocycles. The minimum absolute atomic E-state index is 0.137. The lowest BCUT2D eigenvalue weighted by atomic mass is 10.3. The predicted octanol–water partition coefficient (Wildman–Crippen LogP) is 1.10. The first-order chi connectivity index (χ1) is 11.8. The summed E-state index contributed by atoms with van der Waals surface area (Å²) in [7, 11) is -4.24. The summed E-state index contributed by atoms with van der Waals surface area (Å²) in [6.45, 7) is 2.34. The number of rotatable bonds is 8. The van der Waals surface area contributed by atoms with Gasteiger partial charge in [0, 0.05) is 36.9 Å². The van der Waals surface area contributed by atoms with Crippen molar-refractivity contribution in [3.63, 3.8) is 0 Å². The third-order valence-electron chi connectivity index (χ3n) is 3.42. The highest BCUT2D eigenvalue weighted by Crippen LogP contribution is 2.15. The van der Waals surface area contributed by atoms with E-state index in [1.54, 1.807) is 36.4 Å². The van der Waals surface area contributed by atoms with Crippen molar-refractivity contribution in [2.45, 2.75) is 19.9 Å². The molecule has 0 radical (unpaired) electrons. The number of aromatic nitrogens is 1. The van der Waals surface area contributed by atoms with Gasteiger partial charge in [-0.15, -0.1) is 0 Å². The van der Waals surface area contributed by atoms with E-state index < -0.39 is 15.9 Å². The highest BCUT2D eigenvalue weighted by molar-refractivity contribution is 7.85. The van der Waals surface area contributed by atoms with E-state index in [0.29, 0.717) is 24.6 Å². The molecule has 1 aromatic heterocycles. The zero-order chi connectivity index (χ0) is 18.3. The highest BCUT2D eigenvalue weighted by Gasteiger charge is 2.11. The zero-order valence-electron chi connectivity index (χ0n) is 13.8. The van der Waals surface area contributed by atoms with Crippen LogP contribution in [0.1, 0.15) is 12.6 Å². The van der Waals surface area contributed by atoms with Crippen LogP contribution in [0.15, 0.2) is 48.7 Å². The fraction of sp³-hybridized carbons (Fsp3) is 0.294. The Bertz CT molecular complexity index is 819. The highest BCUT2D eigenvalue weighted by atomic mass is 32.2. The Morgan fingerprint density at radius 1 is 1.20 bits per heavy atom. The number of amides is 1. The van der Waals surface area contributed by atoms with Crippen molar-refractivity contribution in [1.82, 2.24) is 0 Å². The van der Waals surface area contributed by atoms with Crippen molar-refractivity contribution in [1.29, 1.82) is 0 Å². The van der Waals surface area contributed by atoms with E-state index in [4.69, 9.17) is 4.74 Å². The fourth-order valence-electron chi connectivity index (χ4n) is 2.29. The lowest BCUT2D eigenvalue weighted by Gasteiger charge is -2.08. The van der Waals surface area contributed by atoms with E-state index in [-0.39, 0.29) is 12.3 Å². The molecule has 2 rings (SSSR count). The predicted molar refractivity (Wildman–Crippen MR) is 91.1 cm³/mol. The van der Waals surface area contributed by atoms with Crippen molar-refractivity contribution in [2.75, 3.05) is 17.7 Å². The van der Waals surface area contributed by atoms with Crippen molar-refractivity contribution in [3.05, 3.63) is 54.4 Å². The second kappa shape index (κ2) is 8.59. The first kappa shape index (κ1) is 18.9. The van der Waals surface area contributed by atoms with Gasteiger partial charge in [0.05, 0.1) is 10.1 Å². The minimum Gasteiger partial charge on any atom is -0.748 e. The third kappa shape index (κ3) is 6.90. The minimum atomic E-state index is -4.24. The molecular formula is C17H20N2O5S. The maximum Gasteiger partial charge on any atom is 0.221 e. The molecule has 0 unspecified atom stereocenters. The molecule has 0 bridgehead atoms. The van der Waals surface area contributed by atoms with Gasteiger partial charge >= 0.3 is 0 Å². The number of benzene rings is 1. The van der Waals surface area contributed by atoms with Crippen LogP contribution in [0.4, 0.5) is 5.69 Å². The number of carbonyl (C=O) groups is 1. The third-order valence-corrected chi connectivity index (χ3v) is 4.12. The van der Waals surface area contributed by atoms with E-state index in [0.717, 1.165) is 5.69 Å². The lowest BCUT2D eigenvalue weighted by Crippen LogP contribution is -2.41. The van der Waals surface area contributed by atoms with E-state index in [2.05, 4.69) is 5.32 Å². The van der Waals surface area contributed by atoms with Gasteiger partial charge in [0.1, 0.15) is 12.4 Å². The smallest absolute Gasteiger partial charge is 0.221 e. The molecule has 1 aromatic carbocycles. The molecule has 1 N–H and O–H groups in total. The number of nitrogens with one attached hydrogen (secondary N) is 1. The van der Waals surface area contributed by atoms with E-state index in [1.165, 1.54) is 6.92 Å². The van der Waals surface area contributed by atoms with Crippen LogP contribution in [-0.2, 0) is 27.9 Å². The number of anilines is 1. The van der Waals surface area contributed by atoms with Gasteiger partial charge < -0.3 is 14.6 Å².